The molecule has 138 valence electrons. The standard InChI is InChI=1S/C19H22N2O4S/c1-26(24,25)21-10-2-3-15(13-21)11-14-8-9-20-18(12-14)16-4-6-17(7-5-16)19(22)23/h4-9,12,15H,2-3,10-11,13H2,1H3,(H,22,23). The van der Waals surface area contributed by atoms with Crippen LogP contribution in [0, 0.1) is 5.92 Å². The Morgan fingerprint density at radius 2 is 2.00 bits per heavy atom. The molecule has 1 saturated heterocycles. The SMILES string of the molecule is CS(=O)(=O)N1CCCC(Cc2ccnc(-c3ccc(C(=O)O)cc3)c2)C1. The highest BCUT2D eigenvalue weighted by Gasteiger charge is 2.25. The zero-order valence-electron chi connectivity index (χ0n) is 14.6. The Bertz CT molecular complexity index is 894. The number of sulfonamides is 1. The summed E-state index contributed by atoms with van der Waals surface area (Å²) in [7, 11) is -3.14. The maximum absolute atomic E-state index is 11.8. The highest BCUT2D eigenvalue weighted by molar-refractivity contribution is 7.88. The highest BCUT2D eigenvalue weighted by Crippen LogP contribution is 2.24. The largest absolute Gasteiger partial charge is 0.478 e. The van der Waals surface area contributed by atoms with Gasteiger partial charge in [-0.15, -0.1) is 0 Å². The molecule has 26 heavy (non-hydrogen) atoms. The lowest BCUT2D eigenvalue weighted by Crippen LogP contribution is -2.39. The molecule has 3 rings (SSSR count). The van der Waals surface area contributed by atoms with Gasteiger partial charge in [-0.1, -0.05) is 12.1 Å². The number of rotatable bonds is 5. The van der Waals surface area contributed by atoms with Crippen LogP contribution >= 0.6 is 0 Å². The van der Waals surface area contributed by atoms with Crippen molar-refractivity contribution in [3.63, 3.8) is 0 Å². The molecule has 1 unspecified atom stereocenters. The molecule has 0 amide bonds. The van der Waals surface area contributed by atoms with Gasteiger partial charge in [0.1, 0.15) is 0 Å². The van der Waals surface area contributed by atoms with E-state index in [-0.39, 0.29) is 5.56 Å². The highest BCUT2D eigenvalue weighted by atomic mass is 32.2. The van der Waals surface area contributed by atoms with Crippen molar-refractivity contribution < 1.29 is 18.3 Å². The van der Waals surface area contributed by atoms with E-state index in [0.29, 0.717) is 19.0 Å². The Hall–Kier alpha value is -2.25. The third-order valence-corrected chi connectivity index (χ3v) is 6.00. The Kier molecular flexibility index (Phi) is 5.38. The normalized spacial score (nSPS) is 18.6. The van der Waals surface area contributed by atoms with Crippen molar-refractivity contribution in [3.05, 3.63) is 53.7 Å². The van der Waals surface area contributed by atoms with Gasteiger partial charge in [0.25, 0.3) is 0 Å². The van der Waals surface area contributed by atoms with E-state index >= 15 is 0 Å². The van der Waals surface area contributed by atoms with Crippen LogP contribution in [0.2, 0.25) is 0 Å². The van der Waals surface area contributed by atoms with E-state index in [9.17, 15) is 13.2 Å². The molecular weight excluding hydrogens is 352 g/mol. The third-order valence-electron chi connectivity index (χ3n) is 4.73. The minimum absolute atomic E-state index is 0.243. The number of carboxylic acid groups (broad SMARTS) is 1. The molecule has 0 spiro atoms. The number of pyridine rings is 1. The Labute approximate surface area is 153 Å². The zero-order valence-corrected chi connectivity index (χ0v) is 15.4. The van der Waals surface area contributed by atoms with E-state index in [1.807, 2.05) is 12.1 Å². The smallest absolute Gasteiger partial charge is 0.335 e. The van der Waals surface area contributed by atoms with Gasteiger partial charge in [-0.25, -0.2) is 17.5 Å². The average molecular weight is 374 g/mol. The van der Waals surface area contributed by atoms with Gasteiger partial charge in [-0.05, 0) is 55.0 Å². The first-order valence-electron chi connectivity index (χ1n) is 8.57. The lowest BCUT2D eigenvalue weighted by atomic mass is 9.92. The van der Waals surface area contributed by atoms with E-state index in [2.05, 4.69) is 4.98 Å². The first-order valence-corrected chi connectivity index (χ1v) is 10.4. The number of hydrogen-bond donors (Lipinski definition) is 1. The quantitative estimate of drug-likeness (QED) is 0.869. The monoisotopic (exact) mass is 374 g/mol. The van der Waals surface area contributed by atoms with Gasteiger partial charge < -0.3 is 5.11 Å². The van der Waals surface area contributed by atoms with E-state index in [1.165, 1.54) is 6.26 Å². The predicted octanol–water partition coefficient (Wildman–Crippen LogP) is 2.66. The molecule has 1 aromatic heterocycles. The second kappa shape index (κ2) is 7.55. The summed E-state index contributed by atoms with van der Waals surface area (Å²) in [5.41, 5.74) is 3.00. The summed E-state index contributed by atoms with van der Waals surface area (Å²) in [6.45, 7) is 1.16. The first kappa shape index (κ1) is 18.5. The number of carbonyl (C=O) groups is 1. The molecule has 1 aliphatic heterocycles. The van der Waals surface area contributed by atoms with Crippen LogP contribution in [-0.2, 0) is 16.4 Å². The van der Waals surface area contributed by atoms with Crippen molar-refractivity contribution in [2.75, 3.05) is 19.3 Å². The van der Waals surface area contributed by atoms with Crippen molar-refractivity contribution in [2.45, 2.75) is 19.3 Å². The van der Waals surface area contributed by atoms with Crippen molar-refractivity contribution in [1.29, 1.82) is 0 Å². The van der Waals surface area contributed by atoms with Crippen LogP contribution in [-0.4, -0.2) is 48.1 Å². The minimum atomic E-state index is -3.14. The maximum Gasteiger partial charge on any atom is 0.335 e. The lowest BCUT2D eigenvalue weighted by Gasteiger charge is -2.31. The number of aromatic nitrogens is 1. The maximum atomic E-state index is 11.8. The summed E-state index contributed by atoms with van der Waals surface area (Å²) >= 11 is 0. The van der Waals surface area contributed by atoms with Gasteiger partial charge in [0.2, 0.25) is 10.0 Å². The van der Waals surface area contributed by atoms with Crippen LogP contribution in [0.4, 0.5) is 0 Å². The third kappa shape index (κ3) is 4.47. The summed E-state index contributed by atoms with van der Waals surface area (Å²) in [5, 5.41) is 8.99. The zero-order chi connectivity index (χ0) is 18.7. The van der Waals surface area contributed by atoms with Gasteiger partial charge >= 0.3 is 5.97 Å². The Balaban J connectivity index is 1.74. The molecule has 2 heterocycles. The molecule has 0 saturated carbocycles. The molecule has 1 N–H and O–H groups in total. The molecule has 1 aliphatic rings. The first-order chi connectivity index (χ1) is 12.3. The van der Waals surface area contributed by atoms with Crippen LogP contribution < -0.4 is 0 Å². The fraction of sp³-hybridized carbons (Fsp3) is 0.368. The number of hydrogen-bond acceptors (Lipinski definition) is 4. The van der Waals surface area contributed by atoms with Crippen molar-refractivity contribution >= 4 is 16.0 Å². The molecule has 7 heteroatoms. The second-order valence-corrected chi connectivity index (χ2v) is 8.75. The van der Waals surface area contributed by atoms with E-state index < -0.39 is 16.0 Å². The molecule has 2 aromatic rings. The number of carboxylic acids is 1. The van der Waals surface area contributed by atoms with Crippen molar-refractivity contribution in [3.8, 4) is 11.3 Å². The van der Waals surface area contributed by atoms with Crippen molar-refractivity contribution in [2.24, 2.45) is 5.92 Å². The van der Waals surface area contributed by atoms with E-state index in [4.69, 9.17) is 5.11 Å². The molecule has 1 atom stereocenters. The van der Waals surface area contributed by atoms with Gasteiger partial charge in [-0.2, -0.15) is 0 Å². The summed E-state index contributed by atoms with van der Waals surface area (Å²) < 4.78 is 25.1. The lowest BCUT2D eigenvalue weighted by molar-refractivity contribution is 0.0697. The number of benzene rings is 1. The van der Waals surface area contributed by atoms with Gasteiger partial charge in [0, 0.05) is 24.8 Å². The summed E-state index contributed by atoms with van der Waals surface area (Å²) in [6.07, 6.45) is 5.70. The van der Waals surface area contributed by atoms with Crippen molar-refractivity contribution in [1.82, 2.24) is 9.29 Å². The summed E-state index contributed by atoms with van der Waals surface area (Å²) in [5.74, 6) is -0.658. The fourth-order valence-corrected chi connectivity index (χ4v) is 4.31. The Morgan fingerprint density at radius 1 is 1.27 bits per heavy atom. The van der Waals surface area contributed by atoms with Crippen LogP contribution in [0.25, 0.3) is 11.3 Å². The van der Waals surface area contributed by atoms with Crippen LogP contribution in [0.3, 0.4) is 0 Å². The number of aromatic carboxylic acids is 1. The van der Waals surface area contributed by atoms with Crippen LogP contribution in [0.5, 0.6) is 0 Å². The Morgan fingerprint density at radius 3 is 2.65 bits per heavy atom. The molecular formula is C19H22N2O4S. The van der Waals surface area contributed by atoms with Gasteiger partial charge in [0.15, 0.2) is 0 Å². The van der Waals surface area contributed by atoms with Crippen LogP contribution in [0.15, 0.2) is 42.6 Å². The molecule has 1 fully saturated rings. The second-order valence-electron chi connectivity index (χ2n) is 6.77. The topological polar surface area (TPSA) is 87.6 Å². The summed E-state index contributed by atoms with van der Waals surface area (Å²) in [4.78, 5) is 15.3. The summed E-state index contributed by atoms with van der Waals surface area (Å²) in [6, 6.07) is 10.6. The number of nitrogens with zero attached hydrogens (tertiary/aromatic N) is 2. The van der Waals surface area contributed by atoms with Gasteiger partial charge in [-0.3, -0.25) is 4.98 Å². The fourth-order valence-electron chi connectivity index (χ4n) is 3.37. The van der Waals surface area contributed by atoms with E-state index in [1.54, 1.807) is 34.8 Å². The molecule has 1 aromatic carbocycles. The molecule has 0 aliphatic carbocycles. The molecule has 0 bridgehead atoms. The predicted molar refractivity (Wildman–Crippen MR) is 99.5 cm³/mol. The number of piperidine rings is 1. The van der Waals surface area contributed by atoms with Gasteiger partial charge in [0.05, 0.1) is 17.5 Å². The van der Waals surface area contributed by atoms with E-state index in [0.717, 1.165) is 36.1 Å². The average Bonchev–Trinajstić information content (AvgIpc) is 2.61. The minimum Gasteiger partial charge on any atom is -0.478 e. The molecule has 0 radical (unpaired) electrons. The van der Waals surface area contributed by atoms with Crippen LogP contribution in [0.1, 0.15) is 28.8 Å². The molecule has 6 nitrogen and oxygen atoms in total.